The number of esters is 1. The fraction of sp³-hybridized carbons (Fsp3) is 0.300. The first-order valence-corrected chi connectivity index (χ1v) is 8.34. The molecule has 0 aliphatic carbocycles. The maximum atomic E-state index is 13.3. The van der Waals surface area contributed by atoms with Crippen molar-refractivity contribution >= 4 is 22.7 Å². The monoisotopic (exact) mass is 351 g/mol. The zero-order chi connectivity index (χ0) is 19.2. The first-order chi connectivity index (χ1) is 12.2. The molecule has 0 radical (unpaired) electrons. The number of hydrogen-bond acceptors (Lipinski definition) is 5. The Morgan fingerprint density at radius 1 is 1.04 bits per heavy atom. The zero-order valence-corrected chi connectivity index (χ0v) is 15.8. The molecule has 134 valence electrons. The molecule has 6 heteroatoms. The molecule has 0 saturated carbocycles. The summed E-state index contributed by atoms with van der Waals surface area (Å²) in [7, 11) is 1.63. The minimum atomic E-state index is -0.499. The number of ketones is 1. The molecule has 2 aromatic heterocycles. The molecule has 0 N–H and O–H groups in total. The van der Waals surface area contributed by atoms with Crippen molar-refractivity contribution in [3.05, 3.63) is 51.8 Å². The SMILES string of the molecule is CC(=O)Oc1c(C(=O)c2ccc(C)c3nc(C)c(C)c(C)c23)cnn1C. The van der Waals surface area contributed by atoms with Crippen LogP contribution in [0, 0.1) is 27.7 Å². The normalized spacial score (nSPS) is 11.0. The number of benzene rings is 1. The van der Waals surface area contributed by atoms with Crippen LogP contribution in [0.4, 0.5) is 0 Å². The van der Waals surface area contributed by atoms with Gasteiger partial charge >= 0.3 is 5.97 Å². The second-order valence-corrected chi connectivity index (χ2v) is 6.51. The molecule has 0 atom stereocenters. The van der Waals surface area contributed by atoms with E-state index >= 15 is 0 Å². The second-order valence-electron chi connectivity index (χ2n) is 6.51. The molecule has 3 aromatic rings. The number of nitrogens with zero attached hydrogens (tertiary/aromatic N) is 3. The summed E-state index contributed by atoms with van der Waals surface area (Å²) in [4.78, 5) is 29.3. The van der Waals surface area contributed by atoms with Crippen LogP contribution < -0.4 is 4.74 Å². The lowest BCUT2D eigenvalue weighted by Crippen LogP contribution is -2.11. The average molecular weight is 351 g/mol. The van der Waals surface area contributed by atoms with Crippen LogP contribution in [0.1, 0.15) is 45.2 Å². The van der Waals surface area contributed by atoms with Gasteiger partial charge in [0, 0.05) is 30.6 Å². The summed E-state index contributed by atoms with van der Waals surface area (Å²) in [6.45, 7) is 9.24. The van der Waals surface area contributed by atoms with E-state index in [1.165, 1.54) is 17.8 Å². The standard InChI is InChI=1S/C20H21N3O3/c1-10-7-8-15(17-12(3)11(2)13(4)22-18(10)17)19(25)16-9-21-23(6)20(16)26-14(5)24/h7-9H,1-6H3. The number of fused-ring (bicyclic) bond motifs is 1. The summed E-state index contributed by atoms with van der Waals surface area (Å²) in [5.74, 6) is -0.598. The van der Waals surface area contributed by atoms with E-state index in [2.05, 4.69) is 10.1 Å². The first kappa shape index (κ1) is 17.8. The molecular weight excluding hydrogens is 330 g/mol. The van der Waals surface area contributed by atoms with E-state index < -0.39 is 5.97 Å². The van der Waals surface area contributed by atoms with Crippen LogP contribution in [-0.2, 0) is 11.8 Å². The predicted molar refractivity (Wildman–Crippen MR) is 98.6 cm³/mol. The van der Waals surface area contributed by atoms with Crippen molar-refractivity contribution in [1.29, 1.82) is 0 Å². The number of ether oxygens (including phenoxy) is 1. The van der Waals surface area contributed by atoms with Gasteiger partial charge in [0.15, 0.2) is 0 Å². The van der Waals surface area contributed by atoms with Gasteiger partial charge in [0.2, 0.25) is 11.7 Å². The third-order valence-electron chi connectivity index (χ3n) is 4.75. The van der Waals surface area contributed by atoms with Crippen molar-refractivity contribution in [3.63, 3.8) is 0 Å². The Hall–Kier alpha value is -3.02. The van der Waals surface area contributed by atoms with Gasteiger partial charge in [0.05, 0.1) is 11.7 Å². The molecule has 0 bridgehead atoms. The number of hydrogen-bond donors (Lipinski definition) is 0. The molecule has 0 spiro atoms. The minimum Gasteiger partial charge on any atom is -0.407 e. The fourth-order valence-corrected chi connectivity index (χ4v) is 3.10. The van der Waals surface area contributed by atoms with E-state index in [9.17, 15) is 9.59 Å². The van der Waals surface area contributed by atoms with E-state index in [4.69, 9.17) is 4.74 Å². The minimum absolute atomic E-state index is 0.144. The maximum Gasteiger partial charge on any atom is 0.309 e. The summed E-state index contributed by atoms with van der Waals surface area (Å²) < 4.78 is 6.57. The van der Waals surface area contributed by atoms with E-state index in [-0.39, 0.29) is 17.2 Å². The Kier molecular flexibility index (Phi) is 4.36. The Labute approximate surface area is 151 Å². The number of aryl methyl sites for hydroxylation is 4. The second kappa shape index (κ2) is 6.37. The summed E-state index contributed by atoms with van der Waals surface area (Å²) in [6.07, 6.45) is 1.43. The molecule has 26 heavy (non-hydrogen) atoms. The third kappa shape index (κ3) is 2.77. The number of carbonyl (C=O) groups excluding carboxylic acids is 2. The van der Waals surface area contributed by atoms with Crippen molar-refractivity contribution in [1.82, 2.24) is 14.8 Å². The average Bonchev–Trinajstić information content (AvgIpc) is 2.93. The molecule has 0 aliphatic rings. The van der Waals surface area contributed by atoms with Crippen molar-refractivity contribution in [3.8, 4) is 5.88 Å². The Morgan fingerprint density at radius 2 is 1.73 bits per heavy atom. The molecule has 0 fully saturated rings. The number of pyridine rings is 1. The fourth-order valence-electron chi connectivity index (χ4n) is 3.10. The molecule has 0 saturated heterocycles. The van der Waals surface area contributed by atoms with Crippen molar-refractivity contribution in [2.45, 2.75) is 34.6 Å². The molecule has 0 amide bonds. The van der Waals surface area contributed by atoms with Crippen molar-refractivity contribution in [2.75, 3.05) is 0 Å². The summed E-state index contributed by atoms with van der Waals surface area (Å²) in [5, 5.41) is 4.90. The highest BCUT2D eigenvalue weighted by Crippen LogP contribution is 2.31. The quantitative estimate of drug-likeness (QED) is 0.534. The van der Waals surface area contributed by atoms with Crippen LogP contribution in [0.5, 0.6) is 5.88 Å². The van der Waals surface area contributed by atoms with Crippen LogP contribution in [0.3, 0.4) is 0 Å². The van der Waals surface area contributed by atoms with E-state index in [0.29, 0.717) is 5.56 Å². The third-order valence-corrected chi connectivity index (χ3v) is 4.75. The van der Waals surface area contributed by atoms with Crippen LogP contribution in [0.25, 0.3) is 10.9 Å². The maximum absolute atomic E-state index is 13.3. The molecule has 2 heterocycles. The predicted octanol–water partition coefficient (Wildman–Crippen LogP) is 3.36. The van der Waals surface area contributed by atoms with E-state index in [0.717, 1.165) is 33.3 Å². The molecular formula is C20H21N3O3. The molecule has 3 rings (SSSR count). The van der Waals surface area contributed by atoms with Crippen molar-refractivity contribution < 1.29 is 14.3 Å². The summed E-state index contributed by atoms with van der Waals surface area (Å²) in [6, 6.07) is 3.69. The lowest BCUT2D eigenvalue weighted by atomic mass is 9.93. The van der Waals surface area contributed by atoms with Gasteiger partial charge < -0.3 is 4.74 Å². The topological polar surface area (TPSA) is 74.1 Å². The number of rotatable bonds is 3. The van der Waals surface area contributed by atoms with E-state index in [1.807, 2.05) is 33.8 Å². The van der Waals surface area contributed by atoms with Gasteiger partial charge in [0.25, 0.3) is 0 Å². The van der Waals surface area contributed by atoms with E-state index in [1.54, 1.807) is 13.1 Å². The highest BCUT2D eigenvalue weighted by Gasteiger charge is 2.24. The summed E-state index contributed by atoms with van der Waals surface area (Å²) >= 11 is 0. The number of aromatic nitrogens is 3. The van der Waals surface area contributed by atoms with Crippen LogP contribution in [0.15, 0.2) is 18.3 Å². The Morgan fingerprint density at radius 3 is 2.38 bits per heavy atom. The summed E-state index contributed by atoms with van der Waals surface area (Å²) in [5.41, 5.74) is 5.64. The lowest BCUT2D eigenvalue weighted by molar-refractivity contribution is -0.132. The van der Waals surface area contributed by atoms with Gasteiger partial charge in [-0.1, -0.05) is 6.07 Å². The van der Waals surface area contributed by atoms with Gasteiger partial charge in [-0.05, 0) is 50.5 Å². The highest BCUT2D eigenvalue weighted by molar-refractivity contribution is 6.18. The van der Waals surface area contributed by atoms with Gasteiger partial charge in [-0.25, -0.2) is 4.68 Å². The molecule has 0 unspecified atom stereocenters. The van der Waals surface area contributed by atoms with Crippen molar-refractivity contribution in [2.24, 2.45) is 7.05 Å². The van der Waals surface area contributed by atoms with Gasteiger partial charge in [0.1, 0.15) is 5.56 Å². The zero-order valence-electron chi connectivity index (χ0n) is 15.8. The first-order valence-electron chi connectivity index (χ1n) is 8.34. The highest BCUT2D eigenvalue weighted by atomic mass is 16.5. The van der Waals surface area contributed by atoms with Gasteiger partial charge in [-0.3, -0.25) is 14.6 Å². The van der Waals surface area contributed by atoms with Crippen LogP contribution in [-0.4, -0.2) is 26.5 Å². The lowest BCUT2D eigenvalue weighted by Gasteiger charge is -2.14. The molecule has 0 aliphatic heterocycles. The van der Waals surface area contributed by atoms with Crippen LogP contribution >= 0.6 is 0 Å². The van der Waals surface area contributed by atoms with Gasteiger partial charge in [-0.2, -0.15) is 5.10 Å². The molecule has 1 aromatic carbocycles. The Balaban J connectivity index is 2.27. The number of carbonyl (C=O) groups is 2. The largest absolute Gasteiger partial charge is 0.407 e. The molecule has 6 nitrogen and oxygen atoms in total. The Bertz CT molecular complexity index is 1060. The van der Waals surface area contributed by atoms with Crippen LogP contribution in [0.2, 0.25) is 0 Å². The van der Waals surface area contributed by atoms with Gasteiger partial charge in [-0.15, -0.1) is 0 Å². The smallest absolute Gasteiger partial charge is 0.309 e.